The van der Waals surface area contributed by atoms with Gasteiger partial charge in [0.15, 0.2) is 0 Å². The third kappa shape index (κ3) is 3.45. The topological polar surface area (TPSA) is 46.9 Å². The van der Waals surface area contributed by atoms with Crippen molar-refractivity contribution in [3.63, 3.8) is 0 Å². The number of benzene rings is 1. The molecule has 2 aromatic rings. The van der Waals surface area contributed by atoms with E-state index in [2.05, 4.69) is 17.3 Å². The van der Waals surface area contributed by atoms with Crippen LogP contribution in [-0.2, 0) is 4.79 Å². The molecule has 1 atom stereocenters. The fraction of sp³-hybridized carbons (Fsp3) is 0.333. The van der Waals surface area contributed by atoms with E-state index in [4.69, 9.17) is 0 Å². The normalized spacial score (nSPS) is 15.9. The monoisotopic (exact) mass is 295 g/mol. The highest BCUT2D eigenvalue weighted by Crippen LogP contribution is 2.40. The molecule has 1 heterocycles. The number of amides is 1. The van der Waals surface area contributed by atoms with Crippen molar-refractivity contribution < 1.29 is 4.79 Å². The molecule has 1 aliphatic carbocycles. The number of rotatable bonds is 5. The maximum atomic E-state index is 12.1. The lowest BCUT2D eigenvalue weighted by Crippen LogP contribution is -2.16. The first-order valence-corrected chi connectivity index (χ1v) is 7.73. The molecule has 0 spiro atoms. The Bertz CT molecular complexity index is 681. The number of anilines is 1. The molecule has 1 unspecified atom stereocenters. The van der Waals surface area contributed by atoms with Gasteiger partial charge in [-0.1, -0.05) is 29.8 Å². The van der Waals surface area contributed by atoms with Gasteiger partial charge in [-0.05, 0) is 44.2 Å². The van der Waals surface area contributed by atoms with Gasteiger partial charge in [-0.2, -0.15) is 5.10 Å². The second-order valence-electron chi connectivity index (χ2n) is 5.97. The maximum Gasteiger partial charge on any atom is 0.249 e. The van der Waals surface area contributed by atoms with Crippen molar-refractivity contribution in [1.29, 1.82) is 0 Å². The van der Waals surface area contributed by atoms with Crippen LogP contribution >= 0.6 is 0 Å². The van der Waals surface area contributed by atoms with Crippen molar-refractivity contribution in [1.82, 2.24) is 9.78 Å². The smallest absolute Gasteiger partial charge is 0.249 e. The molecule has 0 saturated heterocycles. The van der Waals surface area contributed by atoms with Gasteiger partial charge >= 0.3 is 0 Å². The summed E-state index contributed by atoms with van der Waals surface area (Å²) in [5.74, 6) is 1.32. The van der Waals surface area contributed by atoms with Gasteiger partial charge in [-0.25, -0.2) is 4.68 Å². The highest BCUT2D eigenvalue weighted by molar-refractivity contribution is 6.01. The van der Waals surface area contributed by atoms with Crippen molar-refractivity contribution in [3.05, 3.63) is 53.7 Å². The predicted octanol–water partition coefficient (Wildman–Crippen LogP) is 3.81. The second kappa shape index (κ2) is 6.18. The Hall–Kier alpha value is -2.36. The molecule has 3 rings (SSSR count). The molecule has 1 amide bonds. The summed E-state index contributed by atoms with van der Waals surface area (Å²) in [6, 6.07) is 10.2. The van der Waals surface area contributed by atoms with Gasteiger partial charge in [0.25, 0.3) is 0 Å². The first-order valence-electron chi connectivity index (χ1n) is 7.73. The van der Waals surface area contributed by atoms with Crippen LogP contribution in [0.4, 0.5) is 5.82 Å². The molecule has 1 aliphatic rings. The lowest BCUT2D eigenvalue weighted by atomic mass is 10.1. The Balaban J connectivity index is 1.64. The van der Waals surface area contributed by atoms with Crippen molar-refractivity contribution in [2.45, 2.75) is 32.7 Å². The quantitative estimate of drug-likeness (QED) is 0.852. The van der Waals surface area contributed by atoms with E-state index in [-0.39, 0.29) is 5.91 Å². The standard InChI is InChI=1S/C18H21N3O/c1-13-3-5-15(6-4-13)7-10-18(22)20-17-11-12-19-21(17)14(2)16-8-9-16/h3-7,10-12,14,16H,8-9H2,1-2H3,(H,20,22)/b10-7+. The summed E-state index contributed by atoms with van der Waals surface area (Å²) in [6.45, 7) is 4.20. The zero-order chi connectivity index (χ0) is 15.5. The SMILES string of the molecule is Cc1ccc(/C=C/C(=O)Nc2ccnn2C(C)C2CC2)cc1. The molecule has 1 N–H and O–H groups in total. The molecular formula is C18H21N3O. The summed E-state index contributed by atoms with van der Waals surface area (Å²) in [7, 11) is 0. The van der Waals surface area contributed by atoms with Crippen molar-refractivity contribution in [2.75, 3.05) is 5.32 Å². The number of hydrogen-bond donors (Lipinski definition) is 1. The highest BCUT2D eigenvalue weighted by Gasteiger charge is 2.30. The highest BCUT2D eigenvalue weighted by atomic mass is 16.1. The number of aryl methyl sites for hydroxylation is 1. The van der Waals surface area contributed by atoms with Gasteiger partial charge in [0, 0.05) is 12.1 Å². The summed E-state index contributed by atoms with van der Waals surface area (Å²) in [4.78, 5) is 12.1. The Kier molecular flexibility index (Phi) is 4.09. The summed E-state index contributed by atoms with van der Waals surface area (Å²) < 4.78 is 1.91. The largest absolute Gasteiger partial charge is 0.307 e. The minimum absolute atomic E-state index is 0.134. The number of carbonyl (C=O) groups is 1. The molecule has 0 radical (unpaired) electrons. The van der Waals surface area contributed by atoms with E-state index in [9.17, 15) is 4.79 Å². The minimum atomic E-state index is -0.134. The average molecular weight is 295 g/mol. The summed E-state index contributed by atoms with van der Waals surface area (Å²) >= 11 is 0. The van der Waals surface area contributed by atoms with E-state index in [1.807, 2.05) is 48.0 Å². The van der Waals surface area contributed by atoms with Gasteiger partial charge in [0.05, 0.1) is 12.2 Å². The molecule has 1 fully saturated rings. The molecule has 1 saturated carbocycles. The Morgan fingerprint density at radius 3 is 2.73 bits per heavy atom. The number of nitrogens with one attached hydrogen (secondary N) is 1. The molecule has 4 heteroatoms. The van der Waals surface area contributed by atoms with Crippen LogP contribution in [0.15, 0.2) is 42.6 Å². The molecule has 114 valence electrons. The number of carbonyl (C=O) groups excluding carboxylic acids is 1. The van der Waals surface area contributed by atoms with Crippen molar-refractivity contribution >= 4 is 17.8 Å². The van der Waals surface area contributed by atoms with Gasteiger partial charge < -0.3 is 5.32 Å². The molecule has 0 bridgehead atoms. The predicted molar refractivity (Wildman–Crippen MR) is 88.5 cm³/mol. The zero-order valence-corrected chi connectivity index (χ0v) is 13.0. The Morgan fingerprint density at radius 2 is 2.05 bits per heavy atom. The van der Waals surface area contributed by atoms with Crippen LogP contribution in [0.3, 0.4) is 0 Å². The third-order valence-electron chi connectivity index (χ3n) is 4.12. The summed E-state index contributed by atoms with van der Waals surface area (Å²) in [5, 5.41) is 7.25. The molecule has 4 nitrogen and oxygen atoms in total. The van der Waals surface area contributed by atoms with E-state index in [1.54, 1.807) is 12.3 Å². The first-order chi connectivity index (χ1) is 10.6. The third-order valence-corrected chi connectivity index (χ3v) is 4.12. The van der Waals surface area contributed by atoms with Crippen molar-refractivity contribution in [2.24, 2.45) is 5.92 Å². The number of nitrogens with zero attached hydrogens (tertiary/aromatic N) is 2. The minimum Gasteiger partial charge on any atom is -0.307 e. The van der Waals surface area contributed by atoms with E-state index in [0.29, 0.717) is 12.0 Å². The molecule has 1 aromatic heterocycles. The molecule has 22 heavy (non-hydrogen) atoms. The van der Waals surface area contributed by atoms with Gasteiger partial charge in [0.2, 0.25) is 5.91 Å². The lowest BCUT2D eigenvalue weighted by Gasteiger charge is -2.14. The molecule has 0 aliphatic heterocycles. The molecular weight excluding hydrogens is 274 g/mol. The van der Waals surface area contributed by atoms with E-state index >= 15 is 0 Å². The van der Waals surface area contributed by atoms with E-state index < -0.39 is 0 Å². The number of hydrogen-bond acceptors (Lipinski definition) is 2. The summed E-state index contributed by atoms with van der Waals surface area (Å²) in [5.41, 5.74) is 2.22. The van der Waals surface area contributed by atoms with Crippen LogP contribution in [0.1, 0.15) is 36.9 Å². The van der Waals surface area contributed by atoms with Crippen LogP contribution in [0.25, 0.3) is 6.08 Å². The fourth-order valence-corrected chi connectivity index (χ4v) is 2.53. The average Bonchev–Trinajstić information content (AvgIpc) is 3.26. The Morgan fingerprint density at radius 1 is 1.32 bits per heavy atom. The second-order valence-corrected chi connectivity index (χ2v) is 5.97. The van der Waals surface area contributed by atoms with Crippen LogP contribution in [0.2, 0.25) is 0 Å². The van der Waals surface area contributed by atoms with Crippen LogP contribution in [-0.4, -0.2) is 15.7 Å². The molecule has 1 aromatic carbocycles. The van der Waals surface area contributed by atoms with E-state index in [0.717, 1.165) is 11.4 Å². The van der Waals surface area contributed by atoms with Crippen LogP contribution in [0, 0.1) is 12.8 Å². The lowest BCUT2D eigenvalue weighted by molar-refractivity contribution is -0.111. The van der Waals surface area contributed by atoms with Gasteiger partial charge in [0.1, 0.15) is 5.82 Å². The maximum absolute atomic E-state index is 12.1. The van der Waals surface area contributed by atoms with Gasteiger partial charge in [-0.3, -0.25) is 4.79 Å². The number of aromatic nitrogens is 2. The zero-order valence-electron chi connectivity index (χ0n) is 13.0. The van der Waals surface area contributed by atoms with Crippen LogP contribution < -0.4 is 5.32 Å². The van der Waals surface area contributed by atoms with Crippen LogP contribution in [0.5, 0.6) is 0 Å². The fourth-order valence-electron chi connectivity index (χ4n) is 2.53. The van der Waals surface area contributed by atoms with Crippen molar-refractivity contribution in [3.8, 4) is 0 Å². The first kappa shape index (κ1) is 14.6. The summed E-state index contributed by atoms with van der Waals surface area (Å²) in [6.07, 6.45) is 7.62. The van der Waals surface area contributed by atoms with E-state index in [1.165, 1.54) is 18.4 Å². The Labute approximate surface area is 130 Å². The van der Waals surface area contributed by atoms with Gasteiger partial charge in [-0.15, -0.1) is 0 Å².